The topological polar surface area (TPSA) is 75.1 Å². The van der Waals surface area contributed by atoms with Gasteiger partial charge < -0.3 is 10.4 Å². The smallest absolute Gasteiger partial charge is 0.228 e. The predicted octanol–water partition coefficient (Wildman–Crippen LogP) is 4.74. The van der Waals surface area contributed by atoms with Crippen LogP contribution in [0.25, 0.3) is 22.5 Å². The third kappa shape index (κ3) is 3.70. The average molecular weight is 391 g/mol. The molecule has 1 atom stereocenters. The first kappa shape index (κ1) is 19.1. The van der Waals surface area contributed by atoms with Crippen molar-refractivity contribution in [2.45, 2.75) is 33.1 Å². The molecule has 0 spiro atoms. The number of anilines is 1. The third-order valence-corrected chi connectivity index (χ3v) is 5.36. The molecule has 1 heterocycles. The number of hydrogen-bond acceptors (Lipinski definition) is 4. The van der Waals surface area contributed by atoms with E-state index in [0.29, 0.717) is 30.0 Å². The summed E-state index contributed by atoms with van der Waals surface area (Å²) < 4.78 is 13.7. The molecule has 2 N–H and O–H groups in total. The zero-order valence-corrected chi connectivity index (χ0v) is 16.4. The molecule has 2 aromatic carbocycles. The molecule has 1 unspecified atom stereocenters. The lowest BCUT2D eigenvalue weighted by Gasteiger charge is -2.21. The lowest BCUT2D eigenvalue weighted by molar-refractivity contribution is -0.119. The van der Waals surface area contributed by atoms with Crippen LogP contribution in [0.15, 0.2) is 42.5 Å². The normalized spacial score (nSPS) is 13.3. The van der Waals surface area contributed by atoms with Crippen LogP contribution in [0, 0.1) is 11.7 Å². The number of fused-ring (bicyclic) bond motifs is 3. The van der Waals surface area contributed by atoms with Crippen LogP contribution in [0.2, 0.25) is 0 Å². The first-order valence-corrected chi connectivity index (χ1v) is 9.76. The zero-order chi connectivity index (χ0) is 20.5. The molecule has 1 aromatic heterocycles. The maximum absolute atomic E-state index is 13.7. The van der Waals surface area contributed by atoms with E-state index in [9.17, 15) is 14.3 Å². The second kappa shape index (κ2) is 7.62. The van der Waals surface area contributed by atoms with Crippen LogP contribution in [0.3, 0.4) is 0 Å². The molecule has 0 fully saturated rings. The highest BCUT2D eigenvalue weighted by Gasteiger charge is 2.24. The summed E-state index contributed by atoms with van der Waals surface area (Å²) in [4.78, 5) is 22.1. The van der Waals surface area contributed by atoms with Crippen molar-refractivity contribution in [3.05, 3.63) is 59.5 Å². The van der Waals surface area contributed by atoms with Crippen LogP contribution < -0.4 is 5.32 Å². The van der Waals surface area contributed by atoms with Gasteiger partial charge in [0.1, 0.15) is 17.3 Å². The van der Waals surface area contributed by atoms with Crippen LogP contribution >= 0.6 is 0 Å². The Kier molecular flexibility index (Phi) is 5.01. The lowest BCUT2D eigenvalue weighted by Crippen LogP contribution is -2.22. The number of amides is 1. The molecule has 148 valence electrons. The molecule has 0 saturated heterocycles. The second-order valence-corrected chi connectivity index (χ2v) is 7.36. The number of carbonyl (C=O) groups is 1. The van der Waals surface area contributed by atoms with Crippen LogP contribution in [0.1, 0.15) is 31.5 Å². The number of aromatic hydroxyl groups is 1. The van der Waals surface area contributed by atoms with E-state index in [1.165, 1.54) is 6.07 Å². The summed E-state index contributed by atoms with van der Waals surface area (Å²) in [6.07, 6.45) is 2.02. The Balaban J connectivity index is 1.86. The van der Waals surface area contributed by atoms with Crippen molar-refractivity contribution in [1.29, 1.82) is 0 Å². The van der Waals surface area contributed by atoms with Gasteiger partial charge >= 0.3 is 0 Å². The number of rotatable bonds is 4. The van der Waals surface area contributed by atoms with E-state index in [0.717, 1.165) is 28.8 Å². The Labute approximate surface area is 168 Å². The number of halogens is 1. The van der Waals surface area contributed by atoms with Crippen molar-refractivity contribution in [3.63, 3.8) is 0 Å². The van der Waals surface area contributed by atoms with Crippen molar-refractivity contribution < 1.29 is 14.3 Å². The Bertz CT molecular complexity index is 1080. The minimum Gasteiger partial charge on any atom is -0.508 e. The number of aryl methyl sites for hydroxylation is 2. The van der Waals surface area contributed by atoms with Crippen molar-refractivity contribution >= 4 is 11.7 Å². The molecule has 0 aliphatic heterocycles. The minimum atomic E-state index is -0.267. The molecular formula is C23H22FN3O2. The molecule has 6 heteroatoms. The molecule has 1 aliphatic rings. The monoisotopic (exact) mass is 391 g/mol. The van der Waals surface area contributed by atoms with Crippen LogP contribution in [-0.2, 0) is 17.6 Å². The molecule has 0 radical (unpaired) electrons. The standard InChI is InChI=1S/C23H22FN3O2/c1-3-13(2)23(29)27-22-20(14-4-8-17(28)9-5-14)26-21-18-10-7-16(24)12-15(18)6-11-19(21)25-22/h4-5,7-10,12-13,28H,3,6,11H2,1-2H3,(H,25,27,29). The minimum absolute atomic E-state index is 0.111. The SMILES string of the molecule is CCC(C)C(=O)Nc1nc2c(nc1-c1ccc(O)cc1)-c1ccc(F)cc1CC2. The van der Waals surface area contributed by atoms with Gasteiger partial charge in [0.05, 0.1) is 11.4 Å². The van der Waals surface area contributed by atoms with Crippen molar-refractivity contribution in [2.24, 2.45) is 5.92 Å². The van der Waals surface area contributed by atoms with Gasteiger partial charge in [0.15, 0.2) is 5.82 Å². The fourth-order valence-electron chi connectivity index (χ4n) is 3.45. The van der Waals surface area contributed by atoms with E-state index in [2.05, 4.69) is 5.32 Å². The zero-order valence-electron chi connectivity index (χ0n) is 16.4. The van der Waals surface area contributed by atoms with Crippen molar-refractivity contribution in [2.75, 3.05) is 5.32 Å². The van der Waals surface area contributed by atoms with E-state index >= 15 is 0 Å². The molecule has 1 amide bonds. The van der Waals surface area contributed by atoms with Gasteiger partial charge in [-0.25, -0.2) is 14.4 Å². The molecule has 0 bridgehead atoms. The summed E-state index contributed by atoms with van der Waals surface area (Å²) in [5, 5.41) is 12.6. The molecule has 5 nitrogen and oxygen atoms in total. The number of nitrogens with one attached hydrogen (secondary N) is 1. The second-order valence-electron chi connectivity index (χ2n) is 7.36. The summed E-state index contributed by atoms with van der Waals surface area (Å²) in [7, 11) is 0. The molecule has 1 aliphatic carbocycles. The summed E-state index contributed by atoms with van der Waals surface area (Å²) in [6, 6.07) is 11.3. The van der Waals surface area contributed by atoms with Gasteiger partial charge in [0, 0.05) is 17.0 Å². The van der Waals surface area contributed by atoms with Gasteiger partial charge in [-0.05, 0) is 67.3 Å². The van der Waals surface area contributed by atoms with E-state index in [4.69, 9.17) is 9.97 Å². The van der Waals surface area contributed by atoms with E-state index in [-0.39, 0.29) is 23.4 Å². The molecule has 29 heavy (non-hydrogen) atoms. The Morgan fingerprint density at radius 3 is 2.62 bits per heavy atom. The third-order valence-electron chi connectivity index (χ3n) is 5.36. The largest absolute Gasteiger partial charge is 0.508 e. The van der Waals surface area contributed by atoms with E-state index in [1.54, 1.807) is 36.4 Å². The molecule has 0 saturated carbocycles. The maximum Gasteiger partial charge on any atom is 0.228 e. The van der Waals surface area contributed by atoms with Crippen molar-refractivity contribution in [3.8, 4) is 28.3 Å². The number of hydrogen-bond donors (Lipinski definition) is 2. The highest BCUT2D eigenvalue weighted by Crippen LogP contribution is 2.36. The number of carbonyl (C=O) groups excluding carboxylic acids is 1. The van der Waals surface area contributed by atoms with Gasteiger partial charge in [-0.15, -0.1) is 0 Å². The Hall–Kier alpha value is -3.28. The van der Waals surface area contributed by atoms with Crippen LogP contribution in [-0.4, -0.2) is 21.0 Å². The number of phenols is 1. The van der Waals surface area contributed by atoms with E-state index < -0.39 is 0 Å². The van der Waals surface area contributed by atoms with Gasteiger partial charge in [0.25, 0.3) is 0 Å². The number of benzene rings is 2. The Morgan fingerprint density at radius 1 is 1.14 bits per heavy atom. The van der Waals surface area contributed by atoms with Gasteiger partial charge in [0.2, 0.25) is 5.91 Å². The maximum atomic E-state index is 13.7. The van der Waals surface area contributed by atoms with E-state index in [1.807, 2.05) is 13.8 Å². The fourth-order valence-corrected chi connectivity index (χ4v) is 3.45. The average Bonchev–Trinajstić information content (AvgIpc) is 2.73. The Morgan fingerprint density at radius 2 is 1.90 bits per heavy atom. The number of phenolic OH excluding ortho intramolecular Hbond substituents is 1. The quantitative estimate of drug-likeness (QED) is 0.674. The van der Waals surface area contributed by atoms with Gasteiger partial charge in [-0.2, -0.15) is 0 Å². The number of aromatic nitrogens is 2. The number of nitrogens with zero attached hydrogens (tertiary/aromatic N) is 2. The van der Waals surface area contributed by atoms with Crippen molar-refractivity contribution in [1.82, 2.24) is 9.97 Å². The predicted molar refractivity (Wildman–Crippen MR) is 110 cm³/mol. The molecule has 4 rings (SSSR count). The summed E-state index contributed by atoms with van der Waals surface area (Å²) in [5.41, 5.74) is 4.51. The highest BCUT2D eigenvalue weighted by molar-refractivity contribution is 5.95. The van der Waals surface area contributed by atoms with Crippen LogP contribution in [0.5, 0.6) is 5.75 Å². The fraction of sp³-hybridized carbons (Fsp3) is 0.261. The highest BCUT2D eigenvalue weighted by atomic mass is 19.1. The molecule has 3 aromatic rings. The summed E-state index contributed by atoms with van der Waals surface area (Å²) >= 11 is 0. The first-order valence-electron chi connectivity index (χ1n) is 9.76. The summed E-state index contributed by atoms with van der Waals surface area (Å²) in [6.45, 7) is 3.83. The van der Waals surface area contributed by atoms with Gasteiger partial charge in [-0.3, -0.25) is 4.79 Å². The molecular weight excluding hydrogens is 369 g/mol. The lowest BCUT2D eigenvalue weighted by atomic mass is 9.91. The first-order chi connectivity index (χ1) is 14.0. The van der Waals surface area contributed by atoms with Gasteiger partial charge in [-0.1, -0.05) is 13.8 Å². The van der Waals surface area contributed by atoms with Crippen LogP contribution in [0.4, 0.5) is 10.2 Å². The summed E-state index contributed by atoms with van der Waals surface area (Å²) in [5.74, 6) is 0.0246.